The lowest BCUT2D eigenvalue weighted by Gasteiger charge is -2.06. The molecule has 1 aliphatic heterocycles. The van der Waals surface area contributed by atoms with Crippen LogP contribution < -0.4 is 20.3 Å². The number of fused-ring (bicyclic) bond motifs is 1. The molecule has 1 amide bonds. The Morgan fingerprint density at radius 1 is 1.08 bits per heavy atom. The van der Waals surface area contributed by atoms with Gasteiger partial charge in [-0.05, 0) is 47.9 Å². The van der Waals surface area contributed by atoms with Gasteiger partial charge in [0.05, 0.1) is 0 Å². The maximum absolute atomic E-state index is 10.9. The van der Waals surface area contributed by atoms with E-state index in [-0.39, 0.29) is 0 Å². The van der Waals surface area contributed by atoms with Gasteiger partial charge in [-0.25, -0.2) is 5.48 Å². The Bertz CT molecular complexity index is 757. The lowest BCUT2D eigenvalue weighted by atomic mass is 10.1. The minimum atomic E-state index is -0.547. The van der Waals surface area contributed by atoms with Crippen molar-refractivity contribution in [2.45, 2.75) is 13.0 Å². The lowest BCUT2D eigenvalue weighted by molar-refractivity contribution is -0.124. The van der Waals surface area contributed by atoms with Gasteiger partial charge in [0, 0.05) is 12.6 Å². The summed E-state index contributed by atoms with van der Waals surface area (Å²) in [4.78, 5) is 10.9. The minimum absolute atomic E-state index is 0.299. The van der Waals surface area contributed by atoms with Gasteiger partial charge >= 0.3 is 0 Å². The van der Waals surface area contributed by atoms with Gasteiger partial charge in [0.1, 0.15) is 0 Å². The normalized spacial score (nSPS) is 12.5. The molecule has 130 valence electrons. The number of hydrogen-bond donors (Lipinski definition) is 3. The molecule has 3 N–H and O–H groups in total. The molecule has 2 aromatic carbocycles. The van der Waals surface area contributed by atoms with Crippen LogP contribution >= 0.6 is 0 Å². The Labute approximate surface area is 146 Å². The molecule has 0 unspecified atom stereocenters. The summed E-state index contributed by atoms with van der Waals surface area (Å²) in [5.41, 5.74) is 4.82. The van der Waals surface area contributed by atoms with Crippen LogP contribution in [0.25, 0.3) is 6.08 Å². The lowest BCUT2D eigenvalue weighted by Crippen LogP contribution is -2.16. The number of benzene rings is 2. The van der Waals surface area contributed by atoms with E-state index in [9.17, 15) is 4.79 Å². The van der Waals surface area contributed by atoms with E-state index in [0.717, 1.165) is 42.1 Å². The van der Waals surface area contributed by atoms with E-state index in [1.807, 2.05) is 36.4 Å². The summed E-state index contributed by atoms with van der Waals surface area (Å²) >= 11 is 0. The van der Waals surface area contributed by atoms with E-state index in [4.69, 9.17) is 14.7 Å². The van der Waals surface area contributed by atoms with Crippen LogP contribution in [0.3, 0.4) is 0 Å². The van der Waals surface area contributed by atoms with Gasteiger partial charge < -0.3 is 14.8 Å². The van der Waals surface area contributed by atoms with Crippen LogP contribution in [-0.2, 0) is 17.8 Å². The van der Waals surface area contributed by atoms with E-state index >= 15 is 0 Å². The van der Waals surface area contributed by atoms with Crippen molar-refractivity contribution in [3.8, 4) is 11.5 Å². The Kier molecular flexibility index (Phi) is 5.66. The third kappa shape index (κ3) is 4.82. The fraction of sp³-hybridized carbons (Fsp3) is 0.211. The van der Waals surface area contributed by atoms with Gasteiger partial charge in [-0.3, -0.25) is 10.0 Å². The summed E-state index contributed by atoms with van der Waals surface area (Å²) in [5.74, 6) is 1.08. The molecule has 2 aromatic rings. The Morgan fingerprint density at radius 3 is 2.64 bits per heavy atom. The predicted octanol–water partition coefficient (Wildman–Crippen LogP) is 2.27. The Hall–Kier alpha value is -2.83. The zero-order chi connectivity index (χ0) is 17.5. The third-order valence-electron chi connectivity index (χ3n) is 3.87. The third-order valence-corrected chi connectivity index (χ3v) is 3.87. The number of carbonyl (C=O) groups excluding carboxylic acids is 1. The number of nitrogens with one attached hydrogen (secondary N) is 2. The van der Waals surface area contributed by atoms with Crippen molar-refractivity contribution in [3.63, 3.8) is 0 Å². The first kappa shape index (κ1) is 17.0. The monoisotopic (exact) mass is 340 g/mol. The fourth-order valence-electron chi connectivity index (χ4n) is 2.52. The van der Waals surface area contributed by atoms with Crippen LogP contribution in [0.1, 0.15) is 16.7 Å². The SMILES string of the molecule is O=C(/C=C/c1ccc(CNCCc2ccc3c(c2)OCO3)cc1)NO. The van der Waals surface area contributed by atoms with Crippen molar-refractivity contribution in [1.29, 1.82) is 0 Å². The second-order valence-electron chi connectivity index (χ2n) is 5.67. The standard InChI is InChI=1S/C19H20N2O4/c22-19(21-23)8-6-14-1-3-16(4-2-14)12-20-10-9-15-5-7-17-18(11-15)25-13-24-17/h1-8,11,20,23H,9-10,12-13H2,(H,21,22)/b8-6+. The molecule has 6 heteroatoms. The van der Waals surface area contributed by atoms with Gasteiger partial charge in [-0.2, -0.15) is 0 Å². The molecule has 6 nitrogen and oxygen atoms in total. The maximum atomic E-state index is 10.9. The molecule has 0 fully saturated rings. The van der Waals surface area contributed by atoms with Crippen LogP contribution in [-0.4, -0.2) is 24.5 Å². The Balaban J connectivity index is 1.43. The number of rotatable bonds is 7. The first-order valence-corrected chi connectivity index (χ1v) is 8.05. The van der Waals surface area contributed by atoms with Gasteiger partial charge in [-0.15, -0.1) is 0 Å². The second-order valence-corrected chi connectivity index (χ2v) is 5.67. The molecule has 0 atom stereocenters. The van der Waals surface area contributed by atoms with Gasteiger partial charge in [0.15, 0.2) is 11.5 Å². The van der Waals surface area contributed by atoms with E-state index in [1.165, 1.54) is 11.6 Å². The van der Waals surface area contributed by atoms with Crippen molar-refractivity contribution >= 4 is 12.0 Å². The van der Waals surface area contributed by atoms with Crippen LogP contribution in [0.4, 0.5) is 0 Å². The molecule has 0 aromatic heterocycles. The van der Waals surface area contributed by atoms with Crippen molar-refractivity contribution in [2.75, 3.05) is 13.3 Å². The molecule has 0 saturated heterocycles. The molecule has 0 spiro atoms. The smallest absolute Gasteiger partial charge is 0.267 e. The highest BCUT2D eigenvalue weighted by atomic mass is 16.7. The summed E-state index contributed by atoms with van der Waals surface area (Å²) < 4.78 is 10.7. The number of hydroxylamine groups is 1. The topological polar surface area (TPSA) is 79.8 Å². The average Bonchev–Trinajstić information content (AvgIpc) is 3.12. The van der Waals surface area contributed by atoms with Crippen LogP contribution in [0.5, 0.6) is 11.5 Å². The van der Waals surface area contributed by atoms with Crippen molar-refractivity contribution in [1.82, 2.24) is 10.8 Å². The predicted molar refractivity (Wildman–Crippen MR) is 93.4 cm³/mol. The van der Waals surface area contributed by atoms with Crippen molar-refractivity contribution < 1.29 is 19.5 Å². The highest BCUT2D eigenvalue weighted by molar-refractivity contribution is 5.90. The zero-order valence-electron chi connectivity index (χ0n) is 13.7. The number of amides is 1. The minimum Gasteiger partial charge on any atom is -0.454 e. The first-order chi connectivity index (χ1) is 12.2. The fourth-order valence-corrected chi connectivity index (χ4v) is 2.52. The summed E-state index contributed by atoms with van der Waals surface area (Å²) in [5, 5.41) is 11.8. The molecule has 0 radical (unpaired) electrons. The molecule has 3 rings (SSSR count). The van der Waals surface area contributed by atoms with Crippen molar-refractivity contribution in [2.24, 2.45) is 0 Å². The molecule has 0 saturated carbocycles. The van der Waals surface area contributed by atoms with Gasteiger partial charge in [0.25, 0.3) is 5.91 Å². The van der Waals surface area contributed by atoms with Crippen molar-refractivity contribution in [3.05, 3.63) is 65.2 Å². The molecular formula is C19H20N2O4. The van der Waals surface area contributed by atoms with E-state index in [0.29, 0.717) is 6.79 Å². The van der Waals surface area contributed by atoms with Gasteiger partial charge in [-0.1, -0.05) is 30.3 Å². The largest absolute Gasteiger partial charge is 0.454 e. The zero-order valence-corrected chi connectivity index (χ0v) is 13.7. The number of carbonyl (C=O) groups is 1. The summed E-state index contributed by atoms with van der Waals surface area (Å²) in [7, 11) is 0. The summed E-state index contributed by atoms with van der Waals surface area (Å²) in [6.45, 7) is 1.93. The number of ether oxygens (including phenoxy) is 2. The number of hydrogen-bond acceptors (Lipinski definition) is 5. The van der Waals surface area contributed by atoms with E-state index < -0.39 is 5.91 Å². The molecule has 1 aliphatic rings. The maximum Gasteiger partial charge on any atom is 0.267 e. The average molecular weight is 340 g/mol. The highest BCUT2D eigenvalue weighted by Gasteiger charge is 2.12. The van der Waals surface area contributed by atoms with Crippen LogP contribution in [0, 0.1) is 0 Å². The molecular weight excluding hydrogens is 320 g/mol. The summed E-state index contributed by atoms with van der Waals surface area (Å²) in [6.07, 6.45) is 3.83. The molecule has 0 aliphatic carbocycles. The Morgan fingerprint density at radius 2 is 1.84 bits per heavy atom. The van der Waals surface area contributed by atoms with E-state index in [2.05, 4.69) is 11.4 Å². The van der Waals surface area contributed by atoms with Crippen LogP contribution in [0.15, 0.2) is 48.5 Å². The van der Waals surface area contributed by atoms with Gasteiger partial charge in [0.2, 0.25) is 6.79 Å². The van der Waals surface area contributed by atoms with Crippen LogP contribution in [0.2, 0.25) is 0 Å². The second kappa shape index (κ2) is 8.32. The highest BCUT2D eigenvalue weighted by Crippen LogP contribution is 2.32. The van der Waals surface area contributed by atoms with E-state index in [1.54, 1.807) is 11.6 Å². The quantitative estimate of drug-likeness (QED) is 0.312. The molecule has 25 heavy (non-hydrogen) atoms. The molecule has 0 bridgehead atoms. The first-order valence-electron chi connectivity index (χ1n) is 8.05. The summed E-state index contributed by atoms with van der Waals surface area (Å²) in [6, 6.07) is 13.9. The molecule has 1 heterocycles.